The average Bonchev–Trinajstić information content (AvgIpc) is 2.65. The third kappa shape index (κ3) is 1.61. The minimum Gasteiger partial charge on any atom is -0.496 e. The van der Waals surface area contributed by atoms with Crippen LogP contribution in [0.5, 0.6) is 5.75 Å². The second-order valence-corrected chi connectivity index (χ2v) is 4.85. The molecule has 3 heteroatoms. The van der Waals surface area contributed by atoms with Gasteiger partial charge in [-0.3, -0.25) is 0 Å². The maximum absolute atomic E-state index is 5.44. The SMILES string of the molecule is COc1cc(C)c2ncsc2c1C(C)C. The first-order valence-electron chi connectivity index (χ1n) is 5.05. The third-order valence-electron chi connectivity index (χ3n) is 2.60. The number of hydrogen-bond donors (Lipinski definition) is 0. The van der Waals surface area contributed by atoms with Crippen molar-refractivity contribution in [2.45, 2.75) is 26.7 Å². The van der Waals surface area contributed by atoms with Crippen LogP contribution in [0.2, 0.25) is 0 Å². The van der Waals surface area contributed by atoms with Gasteiger partial charge in [0, 0.05) is 5.56 Å². The highest BCUT2D eigenvalue weighted by atomic mass is 32.1. The molecule has 0 aliphatic rings. The fourth-order valence-electron chi connectivity index (χ4n) is 1.89. The Bertz CT molecular complexity index is 488. The summed E-state index contributed by atoms with van der Waals surface area (Å²) in [5.41, 5.74) is 5.49. The first-order chi connectivity index (χ1) is 7.15. The molecule has 0 fully saturated rings. The Hall–Kier alpha value is -1.09. The van der Waals surface area contributed by atoms with Crippen molar-refractivity contribution >= 4 is 21.6 Å². The summed E-state index contributed by atoms with van der Waals surface area (Å²) >= 11 is 1.69. The molecule has 80 valence electrons. The van der Waals surface area contributed by atoms with E-state index in [2.05, 4.69) is 31.8 Å². The molecule has 0 saturated heterocycles. The Morgan fingerprint density at radius 1 is 1.40 bits per heavy atom. The third-order valence-corrected chi connectivity index (χ3v) is 3.46. The Balaban J connectivity index is 2.83. The summed E-state index contributed by atoms with van der Waals surface area (Å²) in [6, 6.07) is 2.08. The molecule has 2 aromatic rings. The van der Waals surface area contributed by atoms with Crippen molar-refractivity contribution in [3.63, 3.8) is 0 Å². The lowest BCUT2D eigenvalue weighted by molar-refractivity contribution is 0.408. The number of nitrogens with zero attached hydrogens (tertiary/aromatic N) is 1. The van der Waals surface area contributed by atoms with Crippen molar-refractivity contribution in [3.8, 4) is 5.75 Å². The zero-order valence-electron chi connectivity index (χ0n) is 9.50. The van der Waals surface area contributed by atoms with Gasteiger partial charge in [0.1, 0.15) is 5.75 Å². The van der Waals surface area contributed by atoms with Gasteiger partial charge >= 0.3 is 0 Å². The van der Waals surface area contributed by atoms with Crippen molar-refractivity contribution in [3.05, 3.63) is 22.7 Å². The summed E-state index contributed by atoms with van der Waals surface area (Å²) in [6.45, 7) is 6.45. The molecule has 0 aliphatic carbocycles. The molecule has 15 heavy (non-hydrogen) atoms. The van der Waals surface area contributed by atoms with Gasteiger partial charge in [-0.25, -0.2) is 4.98 Å². The van der Waals surface area contributed by atoms with E-state index in [0.29, 0.717) is 5.92 Å². The topological polar surface area (TPSA) is 22.1 Å². The normalized spacial score (nSPS) is 11.3. The predicted octanol–water partition coefficient (Wildman–Crippen LogP) is 3.74. The van der Waals surface area contributed by atoms with E-state index >= 15 is 0 Å². The first kappa shape index (κ1) is 10.4. The molecule has 0 amide bonds. The van der Waals surface area contributed by atoms with E-state index in [4.69, 9.17) is 4.74 Å². The number of aromatic nitrogens is 1. The van der Waals surface area contributed by atoms with E-state index in [1.807, 2.05) is 5.51 Å². The van der Waals surface area contributed by atoms with Gasteiger partial charge < -0.3 is 4.74 Å². The van der Waals surface area contributed by atoms with Crippen molar-refractivity contribution < 1.29 is 4.74 Å². The van der Waals surface area contributed by atoms with Gasteiger partial charge in [0.15, 0.2) is 0 Å². The standard InChI is InChI=1S/C12H15NOS/c1-7(2)10-9(14-4)5-8(3)11-12(10)15-6-13-11/h5-7H,1-4H3. The minimum atomic E-state index is 0.462. The van der Waals surface area contributed by atoms with Crippen LogP contribution in [0.1, 0.15) is 30.9 Å². The summed E-state index contributed by atoms with van der Waals surface area (Å²) in [4.78, 5) is 4.40. The van der Waals surface area contributed by atoms with E-state index in [1.165, 1.54) is 15.8 Å². The van der Waals surface area contributed by atoms with Gasteiger partial charge in [-0.1, -0.05) is 13.8 Å². The van der Waals surface area contributed by atoms with Crippen molar-refractivity contribution in [2.24, 2.45) is 0 Å². The Kier molecular flexibility index (Phi) is 2.65. The van der Waals surface area contributed by atoms with Crippen LogP contribution >= 0.6 is 11.3 Å². The zero-order chi connectivity index (χ0) is 11.0. The molecule has 0 unspecified atom stereocenters. The lowest BCUT2D eigenvalue weighted by Gasteiger charge is -2.13. The van der Waals surface area contributed by atoms with Crippen molar-refractivity contribution in [2.75, 3.05) is 7.11 Å². The lowest BCUT2D eigenvalue weighted by Crippen LogP contribution is -1.96. The summed E-state index contributed by atoms with van der Waals surface area (Å²) in [6.07, 6.45) is 0. The van der Waals surface area contributed by atoms with E-state index in [9.17, 15) is 0 Å². The minimum absolute atomic E-state index is 0.462. The Morgan fingerprint density at radius 3 is 2.73 bits per heavy atom. The van der Waals surface area contributed by atoms with Crippen LogP contribution in [0.3, 0.4) is 0 Å². The van der Waals surface area contributed by atoms with Crippen LogP contribution in [-0.2, 0) is 0 Å². The number of ether oxygens (including phenoxy) is 1. The molecule has 2 rings (SSSR count). The molecule has 0 spiro atoms. The number of hydrogen-bond acceptors (Lipinski definition) is 3. The molecule has 0 aliphatic heterocycles. The van der Waals surface area contributed by atoms with Crippen LogP contribution in [-0.4, -0.2) is 12.1 Å². The Morgan fingerprint density at radius 2 is 2.13 bits per heavy atom. The summed E-state index contributed by atoms with van der Waals surface area (Å²) in [5, 5.41) is 0. The highest BCUT2D eigenvalue weighted by Crippen LogP contribution is 2.37. The van der Waals surface area contributed by atoms with E-state index < -0.39 is 0 Å². The maximum atomic E-state index is 5.44. The van der Waals surface area contributed by atoms with Crippen LogP contribution in [0.25, 0.3) is 10.2 Å². The van der Waals surface area contributed by atoms with E-state index in [-0.39, 0.29) is 0 Å². The number of rotatable bonds is 2. The highest BCUT2D eigenvalue weighted by molar-refractivity contribution is 7.17. The van der Waals surface area contributed by atoms with Crippen LogP contribution in [0.15, 0.2) is 11.6 Å². The highest BCUT2D eigenvalue weighted by Gasteiger charge is 2.15. The van der Waals surface area contributed by atoms with Gasteiger partial charge in [-0.05, 0) is 24.5 Å². The fourth-order valence-corrected chi connectivity index (χ4v) is 2.94. The first-order valence-corrected chi connectivity index (χ1v) is 5.93. The molecule has 1 aromatic carbocycles. The van der Waals surface area contributed by atoms with Crippen LogP contribution in [0.4, 0.5) is 0 Å². The second-order valence-electron chi connectivity index (χ2n) is 3.99. The average molecular weight is 221 g/mol. The summed E-state index contributed by atoms with van der Waals surface area (Å²) < 4.78 is 6.71. The predicted molar refractivity (Wildman–Crippen MR) is 65.0 cm³/mol. The number of methoxy groups -OCH3 is 1. The molecule has 0 saturated carbocycles. The van der Waals surface area contributed by atoms with Crippen molar-refractivity contribution in [1.29, 1.82) is 0 Å². The molecule has 0 N–H and O–H groups in total. The molecule has 1 aromatic heterocycles. The smallest absolute Gasteiger partial charge is 0.124 e. The monoisotopic (exact) mass is 221 g/mol. The molecule has 0 bridgehead atoms. The van der Waals surface area contributed by atoms with E-state index in [1.54, 1.807) is 18.4 Å². The van der Waals surface area contributed by atoms with Crippen LogP contribution in [0, 0.1) is 6.92 Å². The molecule has 1 heterocycles. The number of benzene rings is 1. The van der Waals surface area contributed by atoms with Gasteiger partial charge in [-0.15, -0.1) is 11.3 Å². The molecule has 2 nitrogen and oxygen atoms in total. The summed E-state index contributed by atoms with van der Waals surface area (Å²) in [5.74, 6) is 1.45. The fraction of sp³-hybridized carbons (Fsp3) is 0.417. The largest absolute Gasteiger partial charge is 0.496 e. The molecule has 0 atom stereocenters. The van der Waals surface area contributed by atoms with Crippen molar-refractivity contribution in [1.82, 2.24) is 4.98 Å². The zero-order valence-corrected chi connectivity index (χ0v) is 10.3. The van der Waals surface area contributed by atoms with Crippen LogP contribution < -0.4 is 4.74 Å². The Labute approximate surface area is 93.9 Å². The quantitative estimate of drug-likeness (QED) is 0.770. The second kappa shape index (κ2) is 3.81. The number of fused-ring (bicyclic) bond motifs is 1. The van der Waals surface area contributed by atoms with Gasteiger partial charge in [0.05, 0.1) is 22.8 Å². The van der Waals surface area contributed by atoms with E-state index in [0.717, 1.165) is 11.3 Å². The van der Waals surface area contributed by atoms with Gasteiger partial charge in [0.2, 0.25) is 0 Å². The molecular formula is C12H15NOS. The number of thiazole rings is 1. The summed E-state index contributed by atoms with van der Waals surface area (Å²) in [7, 11) is 1.73. The molecular weight excluding hydrogens is 206 g/mol. The van der Waals surface area contributed by atoms with Gasteiger partial charge in [0.25, 0.3) is 0 Å². The van der Waals surface area contributed by atoms with Gasteiger partial charge in [-0.2, -0.15) is 0 Å². The number of aryl methyl sites for hydroxylation is 1. The lowest BCUT2D eigenvalue weighted by atomic mass is 9.99. The molecule has 0 radical (unpaired) electrons. The maximum Gasteiger partial charge on any atom is 0.124 e.